The van der Waals surface area contributed by atoms with E-state index in [1.165, 1.54) is 5.56 Å². The Labute approximate surface area is 177 Å². The number of ether oxygens (including phenoxy) is 2. The number of para-hydroxylation sites is 2. The van der Waals surface area contributed by atoms with E-state index in [0.717, 1.165) is 30.8 Å². The van der Waals surface area contributed by atoms with Gasteiger partial charge in [-0.1, -0.05) is 30.3 Å². The number of benzene rings is 2. The number of methoxy groups -OCH3 is 1. The Balaban J connectivity index is 1.35. The summed E-state index contributed by atoms with van der Waals surface area (Å²) in [4.78, 5) is 29.5. The lowest BCUT2D eigenvalue weighted by molar-refractivity contribution is -0.136. The first kappa shape index (κ1) is 20.3. The van der Waals surface area contributed by atoms with Crippen LogP contribution >= 0.6 is 0 Å². The highest BCUT2D eigenvalue weighted by Gasteiger charge is 2.33. The van der Waals surface area contributed by atoms with E-state index in [-0.39, 0.29) is 24.3 Å². The highest BCUT2D eigenvalue weighted by Crippen LogP contribution is 2.37. The molecule has 6 nitrogen and oxygen atoms in total. The zero-order chi connectivity index (χ0) is 20.9. The molecule has 2 heterocycles. The molecule has 30 heavy (non-hydrogen) atoms. The van der Waals surface area contributed by atoms with E-state index in [1.54, 1.807) is 12.0 Å². The number of likely N-dealkylation sites (tertiary alicyclic amines) is 1. The lowest BCUT2D eigenvalue weighted by atomic mass is 9.93. The van der Waals surface area contributed by atoms with Gasteiger partial charge in [-0.3, -0.25) is 9.59 Å². The van der Waals surface area contributed by atoms with Crippen molar-refractivity contribution in [2.75, 3.05) is 38.3 Å². The number of piperidine rings is 1. The fraction of sp³-hybridized carbons (Fsp3) is 0.417. The Morgan fingerprint density at radius 3 is 2.50 bits per heavy atom. The van der Waals surface area contributed by atoms with Crippen LogP contribution in [0.25, 0.3) is 0 Å². The first-order valence-electron chi connectivity index (χ1n) is 10.6. The number of aryl methyl sites for hydroxylation is 1. The summed E-state index contributed by atoms with van der Waals surface area (Å²) in [5.74, 6) is 1.49. The van der Waals surface area contributed by atoms with Gasteiger partial charge in [-0.2, -0.15) is 0 Å². The topological polar surface area (TPSA) is 59.1 Å². The molecule has 4 rings (SSSR count). The van der Waals surface area contributed by atoms with Crippen molar-refractivity contribution >= 4 is 17.5 Å². The highest BCUT2D eigenvalue weighted by molar-refractivity contribution is 5.98. The minimum Gasteiger partial charge on any atom is -0.495 e. The molecule has 2 aromatic rings. The predicted molar refractivity (Wildman–Crippen MR) is 115 cm³/mol. The van der Waals surface area contributed by atoms with Crippen LogP contribution in [-0.4, -0.2) is 50.1 Å². The Bertz CT molecular complexity index is 877. The van der Waals surface area contributed by atoms with Gasteiger partial charge in [-0.05, 0) is 49.4 Å². The Hall–Kier alpha value is -3.02. The third-order valence-corrected chi connectivity index (χ3v) is 5.97. The summed E-state index contributed by atoms with van der Waals surface area (Å²) in [5.41, 5.74) is 2.09. The van der Waals surface area contributed by atoms with Gasteiger partial charge < -0.3 is 19.3 Å². The number of rotatable bonds is 5. The van der Waals surface area contributed by atoms with Crippen LogP contribution in [0.15, 0.2) is 48.5 Å². The molecular weight excluding hydrogens is 380 g/mol. The molecule has 1 saturated heterocycles. The average Bonchev–Trinajstić information content (AvgIpc) is 2.82. The van der Waals surface area contributed by atoms with Crippen LogP contribution in [0.5, 0.6) is 11.5 Å². The van der Waals surface area contributed by atoms with E-state index in [9.17, 15) is 9.59 Å². The largest absolute Gasteiger partial charge is 0.495 e. The summed E-state index contributed by atoms with van der Waals surface area (Å²) < 4.78 is 11.1. The second kappa shape index (κ2) is 9.20. The standard InChI is InChI=1S/C24H28N2O4/c1-29-21-11-5-7-18-8-6-14-26(23(18)21)24(28)19-12-15-25(16-13-19)22(27)17-30-20-9-3-2-4-10-20/h2-5,7,9-11,19H,6,8,12-17H2,1H3. The molecule has 0 atom stereocenters. The molecule has 0 N–H and O–H groups in total. The number of fused-ring (bicyclic) bond motifs is 1. The molecule has 2 amide bonds. The van der Waals surface area contributed by atoms with Gasteiger partial charge in [0.05, 0.1) is 12.8 Å². The van der Waals surface area contributed by atoms with Crippen LogP contribution in [0.2, 0.25) is 0 Å². The number of carbonyl (C=O) groups is 2. The van der Waals surface area contributed by atoms with Gasteiger partial charge in [0.15, 0.2) is 6.61 Å². The first-order valence-corrected chi connectivity index (χ1v) is 10.6. The molecule has 1 fully saturated rings. The quantitative estimate of drug-likeness (QED) is 0.762. The third kappa shape index (κ3) is 4.27. The van der Waals surface area contributed by atoms with Crippen molar-refractivity contribution in [3.63, 3.8) is 0 Å². The zero-order valence-electron chi connectivity index (χ0n) is 17.4. The second-order valence-electron chi connectivity index (χ2n) is 7.82. The van der Waals surface area contributed by atoms with Gasteiger partial charge in [0.2, 0.25) is 5.91 Å². The van der Waals surface area contributed by atoms with Crippen LogP contribution in [0.4, 0.5) is 5.69 Å². The Morgan fingerprint density at radius 1 is 1.00 bits per heavy atom. The maximum atomic E-state index is 13.3. The molecule has 0 aliphatic carbocycles. The molecule has 0 radical (unpaired) electrons. The molecule has 0 spiro atoms. The molecule has 0 saturated carbocycles. The lowest BCUT2D eigenvalue weighted by Crippen LogP contribution is -2.46. The number of carbonyl (C=O) groups excluding carboxylic acids is 2. The van der Waals surface area contributed by atoms with Crippen molar-refractivity contribution in [3.8, 4) is 11.5 Å². The number of hydrogen-bond donors (Lipinski definition) is 0. The predicted octanol–water partition coefficient (Wildman–Crippen LogP) is 3.29. The molecule has 6 heteroatoms. The molecule has 2 aliphatic heterocycles. The van der Waals surface area contributed by atoms with Crippen LogP contribution < -0.4 is 14.4 Å². The molecule has 0 unspecified atom stereocenters. The first-order chi connectivity index (χ1) is 14.7. The second-order valence-corrected chi connectivity index (χ2v) is 7.82. The van der Waals surface area contributed by atoms with Crippen molar-refractivity contribution in [2.24, 2.45) is 5.92 Å². The highest BCUT2D eigenvalue weighted by atomic mass is 16.5. The van der Waals surface area contributed by atoms with Gasteiger partial charge >= 0.3 is 0 Å². The van der Waals surface area contributed by atoms with Gasteiger partial charge in [0, 0.05) is 25.6 Å². The average molecular weight is 408 g/mol. The van der Waals surface area contributed by atoms with E-state index < -0.39 is 0 Å². The molecule has 158 valence electrons. The third-order valence-electron chi connectivity index (χ3n) is 5.97. The maximum absolute atomic E-state index is 13.3. The van der Waals surface area contributed by atoms with Gasteiger partial charge in [0.25, 0.3) is 5.91 Å². The number of amides is 2. The van der Waals surface area contributed by atoms with Gasteiger partial charge in [0.1, 0.15) is 11.5 Å². The number of anilines is 1. The van der Waals surface area contributed by atoms with Gasteiger partial charge in [-0.15, -0.1) is 0 Å². The molecule has 2 aromatic carbocycles. The van der Waals surface area contributed by atoms with Crippen molar-refractivity contribution in [2.45, 2.75) is 25.7 Å². The van der Waals surface area contributed by atoms with E-state index in [0.29, 0.717) is 31.7 Å². The van der Waals surface area contributed by atoms with E-state index in [1.807, 2.05) is 47.4 Å². The van der Waals surface area contributed by atoms with Crippen molar-refractivity contribution < 1.29 is 19.1 Å². The SMILES string of the molecule is COc1cccc2c1N(C(=O)C1CCN(C(=O)COc3ccccc3)CC1)CCC2. The Morgan fingerprint density at radius 2 is 1.77 bits per heavy atom. The lowest BCUT2D eigenvalue weighted by Gasteiger charge is -2.37. The van der Waals surface area contributed by atoms with Crippen molar-refractivity contribution in [3.05, 3.63) is 54.1 Å². The fourth-order valence-electron chi connectivity index (χ4n) is 4.35. The summed E-state index contributed by atoms with van der Waals surface area (Å²) in [6.45, 7) is 1.91. The Kier molecular flexibility index (Phi) is 6.21. The summed E-state index contributed by atoms with van der Waals surface area (Å²) >= 11 is 0. The molecule has 2 aliphatic rings. The molecule has 0 bridgehead atoms. The zero-order valence-corrected chi connectivity index (χ0v) is 17.4. The summed E-state index contributed by atoms with van der Waals surface area (Å²) in [5, 5.41) is 0. The number of hydrogen-bond acceptors (Lipinski definition) is 4. The normalized spacial score (nSPS) is 16.7. The van der Waals surface area contributed by atoms with Crippen molar-refractivity contribution in [1.82, 2.24) is 4.90 Å². The monoisotopic (exact) mass is 408 g/mol. The fourth-order valence-corrected chi connectivity index (χ4v) is 4.35. The van der Waals surface area contributed by atoms with E-state index in [2.05, 4.69) is 6.07 Å². The number of nitrogens with zero attached hydrogens (tertiary/aromatic N) is 2. The van der Waals surface area contributed by atoms with Crippen molar-refractivity contribution in [1.29, 1.82) is 0 Å². The van der Waals surface area contributed by atoms with E-state index >= 15 is 0 Å². The van der Waals surface area contributed by atoms with Crippen LogP contribution in [0.3, 0.4) is 0 Å². The van der Waals surface area contributed by atoms with Crippen LogP contribution in [0, 0.1) is 5.92 Å². The van der Waals surface area contributed by atoms with Crippen LogP contribution in [0.1, 0.15) is 24.8 Å². The van der Waals surface area contributed by atoms with Crippen LogP contribution in [-0.2, 0) is 16.0 Å². The molecule has 0 aromatic heterocycles. The van der Waals surface area contributed by atoms with Gasteiger partial charge in [-0.25, -0.2) is 0 Å². The minimum atomic E-state index is -0.0695. The molecular formula is C24H28N2O4. The summed E-state index contributed by atoms with van der Waals surface area (Å²) in [6.07, 6.45) is 3.28. The summed E-state index contributed by atoms with van der Waals surface area (Å²) in [7, 11) is 1.65. The minimum absolute atomic E-state index is 0.0271. The van der Waals surface area contributed by atoms with E-state index in [4.69, 9.17) is 9.47 Å². The summed E-state index contributed by atoms with van der Waals surface area (Å²) in [6, 6.07) is 15.3. The maximum Gasteiger partial charge on any atom is 0.260 e. The smallest absolute Gasteiger partial charge is 0.260 e.